The van der Waals surface area contributed by atoms with E-state index in [-0.39, 0.29) is 23.7 Å². The molecular formula is C26H17Cl2FN8OS. The number of fused-ring (bicyclic) bond motifs is 1. The van der Waals surface area contributed by atoms with Gasteiger partial charge in [-0.2, -0.15) is 10.5 Å². The van der Waals surface area contributed by atoms with Crippen molar-refractivity contribution in [3.05, 3.63) is 91.7 Å². The minimum absolute atomic E-state index is 0.0676. The summed E-state index contributed by atoms with van der Waals surface area (Å²) in [5, 5.41) is 45.8. The van der Waals surface area contributed by atoms with E-state index in [4.69, 9.17) is 23.2 Å². The normalized spacial score (nSPS) is 11.6. The van der Waals surface area contributed by atoms with Gasteiger partial charge in [0, 0.05) is 33.2 Å². The second kappa shape index (κ2) is 11.2. The number of nitrogens with zero attached hydrogens (tertiary/aromatic N) is 6. The quantitative estimate of drug-likeness (QED) is 0.203. The number of aromatic nitrogens is 4. The standard InChI is InChI=1S/C26H17Cl2FN8OS/c27-19-7-16(1-2-21(19)29)33-24-15(10-31)11-32-25-18(24)6-17(8-20(25)28)34-26(23-5-14(9-30)13-39-23)22-12-37(3-4-38)36-35-22/h1-2,5-8,11-13,26,34,38H,3-4H2,(H,32,33)/t26-/m1/s1. The summed E-state index contributed by atoms with van der Waals surface area (Å²) in [5.41, 5.74) is 3.24. The second-order valence-electron chi connectivity index (χ2n) is 8.32. The van der Waals surface area contributed by atoms with Gasteiger partial charge in [-0.3, -0.25) is 4.98 Å². The lowest BCUT2D eigenvalue weighted by atomic mass is 10.1. The Morgan fingerprint density at radius 2 is 1.92 bits per heavy atom. The van der Waals surface area contributed by atoms with E-state index < -0.39 is 11.9 Å². The molecule has 0 bridgehead atoms. The van der Waals surface area contributed by atoms with E-state index in [1.807, 2.05) is 0 Å². The fourth-order valence-electron chi connectivity index (χ4n) is 3.96. The Hall–Kier alpha value is -4.26. The molecule has 0 aliphatic rings. The number of hydrogen-bond donors (Lipinski definition) is 3. The minimum Gasteiger partial charge on any atom is -0.394 e. The molecule has 5 aromatic rings. The summed E-state index contributed by atoms with van der Waals surface area (Å²) in [6.45, 7) is 0.183. The summed E-state index contributed by atoms with van der Waals surface area (Å²) in [6.07, 6.45) is 3.12. The predicted octanol–water partition coefficient (Wildman–Crippen LogP) is 6.01. The number of pyridine rings is 1. The Balaban J connectivity index is 1.60. The molecule has 9 nitrogen and oxygen atoms in total. The van der Waals surface area contributed by atoms with Crippen LogP contribution in [0, 0.1) is 28.5 Å². The molecule has 0 amide bonds. The van der Waals surface area contributed by atoms with Crippen LogP contribution in [0.1, 0.15) is 27.7 Å². The lowest BCUT2D eigenvalue weighted by Crippen LogP contribution is -2.12. The van der Waals surface area contributed by atoms with Crippen LogP contribution in [0.25, 0.3) is 10.9 Å². The second-order valence-corrected chi connectivity index (χ2v) is 10.1. The van der Waals surface area contributed by atoms with Gasteiger partial charge in [-0.15, -0.1) is 16.4 Å². The zero-order valence-electron chi connectivity index (χ0n) is 19.9. The summed E-state index contributed by atoms with van der Waals surface area (Å²) < 4.78 is 15.2. The molecule has 3 N–H and O–H groups in total. The molecule has 0 radical (unpaired) electrons. The highest BCUT2D eigenvalue weighted by molar-refractivity contribution is 7.10. The first-order valence-electron chi connectivity index (χ1n) is 11.4. The van der Waals surface area contributed by atoms with Crippen molar-refractivity contribution in [2.24, 2.45) is 0 Å². The zero-order valence-corrected chi connectivity index (χ0v) is 22.2. The van der Waals surface area contributed by atoms with E-state index in [1.54, 1.807) is 29.8 Å². The molecule has 1 atom stereocenters. The average molecular weight is 579 g/mol. The maximum absolute atomic E-state index is 13.7. The number of aliphatic hydroxyl groups excluding tert-OH is 1. The van der Waals surface area contributed by atoms with E-state index in [9.17, 15) is 20.0 Å². The summed E-state index contributed by atoms with van der Waals surface area (Å²) in [4.78, 5) is 5.18. The Morgan fingerprint density at radius 1 is 1.10 bits per heavy atom. The lowest BCUT2D eigenvalue weighted by Gasteiger charge is -2.19. The molecule has 3 heterocycles. The molecule has 13 heteroatoms. The Labute approximate surface area is 235 Å². The first-order chi connectivity index (χ1) is 18.9. The topological polar surface area (TPSA) is 135 Å². The molecule has 0 saturated carbocycles. The van der Waals surface area contributed by atoms with E-state index in [1.165, 1.54) is 40.4 Å². The third-order valence-electron chi connectivity index (χ3n) is 5.76. The Morgan fingerprint density at radius 3 is 2.64 bits per heavy atom. The van der Waals surface area contributed by atoms with E-state index in [2.05, 4.69) is 38.1 Å². The Bertz CT molecular complexity index is 1770. The third kappa shape index (κ3) is 5.48. The molecule has 0 unspecified atom stereocenters. The van der Waals surface area contributed by atoms with Crippen molar-refractivity contribution < 1.29 is 9.50 Å². The van der Waals surface area contributed by atoms with Crippen LogP contribution in [0.3, 0.4) is 0 Å². The van der Waals surface area contributed by atoms with Crippen LogP contribution in [0.15, 0.2) is 54.2 Å². The van der Waals surface area contributed by atoms with Gasteiger partial charge >= 0.3 is 0 Å². The van der Waals surface area contributed by atoms with Gasteiger partial charge in [0.2, 0.25) is 0 Å². The van der Waals surface area contributed by atoms with Gasteiger partial charge in [0.1, 0.15) is 29.7 Å². The van der Waals surface area contributed by atoms with Gasteiger partial charge in [-0.05, 0) is 36.4 Å². The smallest absolute Gasteiger partial charge is 0.141 e. The van der Waals surface area contributed by atoms with Gasteiger partial charge in [0.25, 0.3) is 0 Å². The SMILES string of the molecule is N#Cc1csc([C@H](Nc2cc(Cl)c3ncc(C#N)c(Nc4ccc(F)c(Cl)c4)c3c2)c2cn(CCO)nn2)c1. The molecule has 0 aliphatic carbocycles. The molecule has 0 spiro atoms. The Kier molecular flexibility index (Phi) is 7.59. The first-order valence-corrected chi connectivity index (χ1v) is 13.0. The number of nitriles is 2. The monoisotopic (exact) mass is 578 g/mol. The van der Waals surface area contributed by atoms with Crippen molar-refractivity contribution in [3.63, 3.8) is 0 Å². The van der Waals surface area contributed by atoms with Crippen LogP contribution in [-0.4, -0.2) is 31.7 Å². The minimum atomic E-state index is -0.563. The average Bonchev–Trinajstić information content (AvgIpc) is 3.60. The van der Waals surface area contributed by atoms with Crippen molar-refractivity contribution in [2.45, 2.75) is 12.6 Å². The van der Waals surface area contributed by atoms with Crippen molar-refractivity contribution in [1.82, 2.24) is 20.0 Å². The highest BCUT2D eigenvalue weighted by atomic mass is 35.5. The molecule has 0 fully saturated rings. The maximum Gasteiger partial charge on any atom is 0.141 e. The van der Waals surface area contributed by atoms with Crippen LogP contribution in [0.4, 0.5) is 21.5 Å². The van der Waals surface area contributed by atoms with Crippen LogP contribution in [0.2, 0.25) is 10.0 Å². The highest BCUT2D eigenvalue weighted by Gasteiger charge is 2.22. The fourth-order valence-corrected chi connectivity index (χ4v) is 5.30. The van der Waals surface area contributed by atoms with Crippen molar-refractivity contribution in [2.75, 3.05) is 17.2 Å². The van der Waals surface area contributed by atoms with Crippen LogP contribution < -0.4 is 10.6 Å². The number of aliphatic hydroxyl groups is 1. The number of halogens is 3. The molecule has 0 saturated heterocycles. The lowest BCUT2D eigenvalue weighted by molar-refractivity contribution is 0.268. The molecular weight excluding hydrogens is 562 g/mol. The van der Waals surface area contributed by atoms with Crippen molar-refractivity contribution in [1.29, 1.82) is 10.5 Å². The summed E-state index contributed by atoms with van der Waals surface area (Å²) in [6, 6.07) is 13.2. The van der Waals surface area contributed by atoms with E-state index in [0.717, 1.165) is 4.88 Å². The molecule has 2 aromatic carbocycles. The molecule has 194 valence electrons. The van der Waals surface area contributed by atoms with Gasteiger partial charge in [-0.25, -0.2) is 9.07 Å². The van der Waals surface area contributed by atoms with Gasteiger partial charge in [-0.1, -0.05) is 28.4 Å². The third-order valence-corrected chi connectivity index (χ3v) is 7.34. The van der Waals surface area contributed by atoms with Crippen LogP contribution in [0.5, 0.6) is 0 Å². The highest BCUT2D eigenvalue weighted by Crippen LogP contribution is 2.37. The number of anilines is 3. The van der Waals surface area contributed by atoms with E-state index in [0.29, 0.717) is 44.2 Å². The summed E-state index contributed by atoms with van der Waals surface area (Å²) in [7, 11) is 0. The van der Waals surface area contributed by atoms with Crippen molar-refractivity contribution in [3.8, 4) is 12.1 Å². The van der Waals surface area contributed by atoms with Crippen LogP contribution >= 0.6 is 34.5 Å². The number of thiophene rings is 1. The van der Waals surface area contributed by atoms with E-state index >= 15 is 0 Å². The largest absolute Gasteiger partial charge is 0.394 e. The molecule has 0 aliphatic heterocycles. The van der Waals surface area contributed by atoms with Crippen LogP contribution in [-0.2, 0) is 6.54 Å². The summed E-state index contributed by atoms with van der Waals surface area (Å²) in [5.74, 6) is -0.563. The van der Waals surface area contributed by atoms with Gasteiger partial charge in [0.05, 0.1) is 51.7 Å². The van der Waals surface area contributed by atoms with Gasteiger partial charge in [0.15, 0.2) is 0 Å². The molecule has 3 aromatic heterocycles. The first kappa shape index (κ1) is 26.4. The number of nitrogens with one attached hydrogen (secondary N) is 2. The fraction of sp³-hybridized carbons (Fsp3) is 0.115. The van der Waals surface area contributed by atoms with Crippen molar-refractivity contribution >= 4 is 62.5 Å². The maximum atomic E-state index is 13.7. The molecule has 39 heavy (non-hydrogen) atoms. The van der Waals surface area contributed by atoms with Gasteiger partial charge < -0.3 is 15.7 Å². The zero-order chi connectivity index (χ0) is 27.5. The number of benzene rings is 2. The number of rotatable bonds is 8. The summed E-state index contributed by atoms with van der Waals surface area (Å²) >= 11 is 14.0. The predicted molar refractivity (Wildman–Crippen MR) is 148 cm³/mol. The number of hydrogen-bond acceptors (Lipinski definition) is 9. The molecule has 5 rings (SSSR count).